The van der Waals surface area contributed by atoms with Crippen LogP contribution in [0.25, 0.3) is 5.69 Å². The molecule has 186 valence electrons. The van der Waals surface area contributed by atoms with Gasteiger partial charge in [-0.1, -0.05) is 6.07 Å². The van der Waals surface area contributed by atoms with Crippen LogP contribution in [0.1, 0.15) is 54.3 Å². The normalized spacial score (nSPS) is 16.2. The number of hydrogen-bond donors (Lipinski definition) is 3. The van der Waals surface area contributed by atoms with E-state index in [-0.39, 0.29) is 34.6 Å². The quantitative estimate of drug-likeness (QED) is 0.566. The highest BCUT2D eigenvalue weighted by Crippen LogP contribution is 2.29. The minimum Gasteiger partial charge on any atom is -0.444 e. The zero-order valence-electron chi connectivity index (χ0n) is 19.8. The average molecular weight is 486 g/mol. The first-order valence-corrected chi connectivity index (χ1v) is 11.4. The highest BCUT2D eigenvalue weighted by Gasteiger charge is 2.33. The van der Waals surface area contributed by atoms with Gasteiger partial charge in [-0.3, -0.25) is 24.3 Å². The van der Waals surface area contributed by atoms with Gasteiger partial charge >= 0.3 is 6.09 Å². The van der Waals surface area contributed by atoms with Gasteiger partial charge in [0.1, 0.15) is 22.9 Å². The molecule has 1 aromatic carbocycles. The van der Waals surface area contributed by atoms with Crippen LogP contribution in [-0.2, 0) is 4.74 Å². The summed E-state index contributed by atoms with van der Waals surface area (Å²) in [5.41, 5.74) is 4.70. The number of pyridine rings is 1. The number of rotatable bonds is 4. The number of nitrogens with one attached hydrogen (secondary N) is 2. The lowest BCUT2D eigenvalue weighted by atomic mass is 9.97. The minimum atomic E-state index is -0.737. The number of carbonyl (C=O) groups is 3. The maximum atomic E-state index is 15.0. The van der Waals surface area contributed by atoms with Crippen LogP contribution in [0.5, 0.6) is 0 Å². The van der Waals surface area contributed by atoms with Gasteiger partial charge < -0.3 is 20.7 Å². The molecule has 0 atom stereocenters. The smallest absolute Gasteiger partial charge is 0.410 e. The van der Waals surface area contributed by atoms with Crippen LogP contribution in [0, 0.1) is 11.7 Å². The third-order valence-corrected chi connectivity index (χ3v) is 6.01. The summed E-state index contributed by atoms with van der Waals surface area (Å²) in [5.74, 6) is -2.28. The number of amides is 3. The van der Waals surface area contributed by atoms with Crippen molar-refractivity contribution in [3.8, 4) is 5.69 Å². The van der Waals surface area contributed by atoms with Gasteiger partial charge in [0.05, 0.1) is 16.8 Å². The van der Waals surface area contributed by atoms with Gasteiger partial charge in [0.25, 0.3) is 17.4 Å². The number of carbonyl (C=O) groups excluding carboxylic acids is 3. The third-order valence-electron chi connectivity index (χ3n) is 6.01. The number of nitrogens with zero attached hydrogens (tertiary/aromatic N) is 2. The van der Waals surface area contributed by atoms with Crippen molar-refractivity contribution in [3.63, 3.8) is 0 Å². The summed E-state index contributed by atoms with van der Waals surface area (Å²) in [4.78, 5) is 50.9. The van der Waals surface area contributed by atoms with Crippen molar-refractivity contribution >= 4 is 29.4 Å². The standard InChI is InChI=1S/C24H28FN5O5/c1-24(2,3)35-23(34)29-9-7-13(8-10-29)12-27-16-6-4-5-15(25)19(16)30-17(31)11-14-18(20(30)26)22(33)28-21(14)32/h4-6,11,13,27H,7-10,12,26H2,1-3H3,(H,28,32,33). The Morgan fingerprint density at radius 1 is 1.20 bits per heavy atom. The van der Waals surface area contributed by atoms with E-state index in [1.165, 1.54) is 12.1 Å². The largest absolute Gasteiger partial charge is 0.444 e. The number of nitrogen functional groups attached to an aromatic ring is 1. The first-order chi connectivity index (χ1) is 16.5. The number of halogens is 1. The van der Waals surface area contributed by atoms with Crippen LogP contribution >= 0.6 is 0 Å². The van der Waals surface area contributed by atoms with Gasteiger partial charge in [-0.2, -0.15) is 0 Å². The number of likely N-dealkylation sites (tertiary alicyclic amines) is 1. The predicted octanol–water partition coefficient (Wildman–Crippen LogP) is 2.50. The van der Waals surface area contributed by atoms with Crippen molar-refractivity contribution in [2.24, 2.45) is 5.92 Å². The van der Waals surface area contributed by atoms with E-state index in [9.17, 15) is 23.6 Å². The lowest BCUT2D eigenvalue weighted by molar-refractivity contribution is 0.0188. The fraction of sp³-hybridized carbons (Fsp3) is 0.417. The number of anilines is 2. The molecule has 0 aliphatic carbocycles. The van der Waals surface area contributed by atoms with Gasteiger partial charge in [0.2, 0.25) is 0 Å². The highest BCUT2D eigenvalue weighted by atomic mass is 19.1. The van der Waals surface area contributed by atoms with Crippen LogP contribution < -0.4 is 21.9 Å². The summed E-state index contributed by atoms with van der Waals surface area (Å²) in [6.45, 7) is 7.01. The molecule has 0 saturated carbocycles. The Hall–Kier alpha value is -3.89. The Kier molecular flexibility index (Phi) is 6.27. The second kappa shape index (κ2) is 9.05. The molecule has 1 saturated heterocycles. The number of hydrogen-bond acceptors (Lipinski definition) is 7. The molecule has 0 spiro atoms. The first kappa shape index (κ1) is 24.2. The van der Waals surface area contributed by atoms with Gasteiger partial charge in [0, 0.05) is 25.7 Å². The highest BCUT2D eigenvalue weighted by molar-refractivity contribution is 6.23. The van der Waals surface area contributed by atoms with Gasteiger partial charge in [-0.25, -0.2) is 9.18 Å². The Bertz CT molecular complexity index is 1260. The second-order valence-electron chi connectivity index (χ2n) is 9.70. The molecular weight excluding hydrogens is 457 g/mol. The number of benzene rings is 1. The summed E-state index contributed by atoms with van der Waals surface area (Å²) >= 11 is 0. The van der Waals surface area contributed by atoms with Crippen LogP contribution in [-0.4, -0.2) is 52.6 Å². The molecule has 11 heteroatoms. The fourth-order valence-corrected chi connectivity index (χ4v) is 4.30. The maximum Gasteiger partial charge on any atom is 0.410 e. The minimum absolute atomic E-state index is 0.128. The zero-order chi connectivity index (χ0) is 25.5. The predicted molar refractivity (Wildman–Crippen MR) is 127 cm³/mol. The molecule has 3 amide bonds. The molecule has 0 unspecified atom stereocenters. The number of nitrogens with two attached hydrogens (primary N) is 1. The molecule has 2 aromatic rings. The number of imide groups is 1. The summed E-state index contributed by atoms with van der Waals surface area (Å²) in [6.07, 6.45) is 1.10. The molecule has 1 aromatic heterocycles. The monoisotopic (exact) mass is 485 g/mol. The molecule has 3 heterocycles. The van der Waals surface area contributed by atoms with Gasteiger partial charge in [0.15, 0.2) is 0 Å². The van der Waals surface area contributed by atoms with Gasteiger partial charge in [-0.15, -0.1) is 0 Å². The van der Waals surface area contributed by atoms with Gasteiger partial charge in [-0.05, 0) is 51.7 Å². The van der Waals surface area contributed by atoms with Crippen LogP contribution in [0.15, 0.2) is 29.1 Å². The zero-order valence-corrected chi connectivity index (χ0v) is 19.8. The Balaban J connectivity index is 1.52. The van der Waals surface area contributed by atoms with E-state index in [1.54, 1.807) is 11.0 Å². The van der Waals surface area contributed by atoms with Crippen molar-refractivity contribution in [2.45, 2.75) is 39.2 Å². The van der Waals surface area contributed by atoms with Crippen LogP contribution in [0.2, 0.25) is 0 Å². The summed E-state index contributed by atoms with van der Waals surface area (Å²) in [6, 6.07) is 5.27. The van der Waals surface area contributed by atoms with E-state index >= 15 is 0 Å². The van der Waals surface area contributed by atoms with E-state index < -0.39 is 28.8 Å². The Morgan fingerprint density at radius 3 is 2.54 bits per heavy atom. The molecule has 2 aliphatic rings. The SMILES string of the molecule is CC(C)(C)OC(=O)N1CCC(CNc2cccc(F)c2-n2c(N)c3c(cc2=O)C(=O)NC3=O)CC1. The topological polar surface area (TPSA) is 136 Å². The fourth-order valence-electron chi connectivity index (χ4n) is 4.30. The maximum absolute atomic E-state index is 15.0. The van der Waals surface area contributed by atoms with Crippen molar-refractivity contribution < 1.29 is 23.5 Å². The summed E-state index contributed by atoms with van der Waals surface area (Å²) < 4.78 is 21.3. The van der Waals surface area contributed by atoms with E-state index in [1.807, 2.05) is 20.8 Å². The number of ether oxygens (including phenoxy) is 1. The summed E-state index contributed by atoms with van der Waals surface area (Å²) in [5, 5.41) is 5.28. The number of aromatic nitrogens is 1. The number of para-hydroxylation sites is 1. The average Bonchev–Trinajstić information content (AvgIpc) is 3.06. The molecule has 2 aliphatic heterocycles. The third kappa shape index (κ3) is 4.84. The molecule has 1 fully saturated rings. The lowest BCUT2D eigenvalue weighted by Gasteiger charge is -2.33. The van der Waals surface area contributed by atoms with E-state index in [4.69, 9.17) is 10.5 Å². The number of fused-ring (bicyclic) bond motifs is 1. The number of piperidine rings is 1. The molecule has 35 heavy (non-hydrogen) atoms. The molecule has 0 bridgehead atoms. The molecule has 4 rings (SSSR count). The van der Waals surface area contributed by atoms with E-state index in [0.717, 1.165) is 23.5 Å². The molecule has 0 radical (unpaired) electrons. The van der Waals surface area contributed by atoms with Crippen molar-refractivity contribution in [1.82, 2.24) is 14.8 Å². The summed E-state index contributed by atoms with van der Waals surface area (Å²) in [7, 11) is 0. The molecule has 4 N–H and O–H groups in total. The van der Waals surface area contributed by atoms with E-state index in [2.05, 4.69) is 10.6 Å². The van der Waals surface area contributed by atoms with Crippen LogP contribution in [0.4, 0.5) is 20.7 Å². The van der Waals surface area contributed by atoms with Crippen molar-refractivity contribution in [2.75, 3.05) is 30.7 Å². The Labute approximate surface area is 201 Å². The van der Waals surface area contributed by atoms with Crippen molar-refractivity contribution in [3.05, 3.63) is 51.6 Å². The second-order valence-corrected chi connectivity index (χ2v) is 9.70. The lowest BCUT2D eigenvalue weighted by Crippen LogP contribution is -2.42. The van der Waals surface area contributed by atoms with E-state index in [0.29, 0.717) is 25.3 Å². The van der Waals surface area contributed by atoms with Crippen molar-refractivity contribution in [1.29, 1.82) is 0 Å². The Morgan fingerprint density at radius 2 is 1.89 bits per heavy atom. The molecular formula is C24H28FN5O5. The first-order valence-electron chi connectivity index (χ1n) is 11.4. The molecule has 10 nitrogen and oxygen atoms in total. The van der Waals surface area contributed by atoms with Crippen LogP contribution in [0.3, 0.4) is 0 Å².